The smallest absolute Gasteiger partial charge is 0.350 e. The highest BCUT2D eigenvalue weighted by Gasteiger charge is 2.20. The van der Waals surface area contributed by atoms with Crippen LogP contribution in [0.1, 0.15) is 11.3 Å². The number of imidazole rings is 1. The summed E-state index contributed by atoms with van der Waals surface area (Å²) in [6, 6.07) is 17.3. The number of rotatable bonds is 6. The van der Waals surface area contributed by atoms with Crippen LogP contribution in [0.3, 0.4) is 0 Å². The van der Waals surface area contributed by atoms with E-state index in [-0.39, 0.29) is 18.2 Å². The maximum atomic E-state index is 14.0. The normalized spacial score (nSPS) is 11.1. The second-order valence-corrected chi connectivity index (χ2v) is 7.48. The molecule has 0 aliphatic rings. The first-order chi connectivity index (χ1) is 16.0. The molecule has 0 fully saturated rings. The van der Waals surface area contributed by atoms with Crippen LogP contribution in [0.25, 0.3) is 33.5 Å². The average molecular weight is 443 g/mol. The first-order valence-electron chi connectivity index (χ1n) is 10.1. The number of anilines is 1. The summed E-state index contributed by atoms with van der Waals surface area (Å²) in [5, 5.41) is 21.3. The number of halogens is 1. The molecule has 0 saturated heterocycles. The summed E-state index contributed by atoms with van der Waals surface area (Å²) in [4.78, 5) is 23.3. The Bertz CT molecular complexity index is 1490. The predicted octanol–water partition coefficient (Wildman–Crippen LogP) is 4.98. The number of aryl methyl sites for hydroxylation is 1. The minimum Gasteiger partial charge on any atom is -0.358 e. The maximum Gasteiger partial charge on any atom is 0.350 e. The highest BCUT2D eigenvalue weighted by molar-refractivity contribution is 5.92. The fraction of sp³-hybridized carbons (Fsp3) is 0.0870. The molecule has 3 N–H and O–H groups in total. The van der Waals surface area contributed by atoms with Crippen molar-refractivity contribution in [3.05, 3.63) is 87.9 Å². The van der Waals surface area contributed by atoms with Gasteiger partial charge in [0, 0.05) is 23.4 Å². The van der Waals surface area contributed by atoms with Crippen LogP contribution < -0.4 is 5.32 Å². The van der Waals surface area contributed by atoms with Gasteiger partial charge in [0.05, 0.1) is 17.1 Å². The lowest BCUT2D eigenvalue weighted by molar-refractivity contribution is -0.387. The minimum absolute atomic E-state index is 0.185. The SMILES string of the molecule is Cc1cccc(-c2[nH]c(NCc3ccccc3F)nc2-c2ccc3n[nH]c([N+](=O)[O-])c3c2)n1. The molecule has 0 spiro atoms. The Hall–Kier alpha value is -4.60. The van der Waals surface area contributed by atoms with E-state index in [0.29, 0.717) is 45.1 Å². The lowest BCUT2D eigenvalue weighted by Gasteiger charge is -2.04. The van der Waals surface area contributed by atoms with Crippen molar-refractivity contribution in [2.24, 2.45) is 0 Å². The predicted molar refractivity (Wildman–Crippen MR) is 122 cm³/mol. The molecule has 9 nitrogen and oxygen atoms in total. The quantitative estimate of drug-likeness (QED) is 0.251. The summed E-state index contributed by atoms with van der Waals surface area (Å²) in [6.45, 7) is 2.12. The first kappa shape index (κ1) is 20.3. The number of hydrogen-bond donors (Lipinski definition) is 3. The van der Waals surface area contributed by atoms with Crippen molar-refractivity contribution in [2.75, 3.05) is 5.32 Å². The third-order valence-electron chi connectivity index (χ3n) is 5.24. The van der Waals surface area contributed by atoms with Crippen molar-refractivity contribution in [3.63, 3.8) is 0 Å². The number of benzene rings is 2. The highest BCUT2D eigenvalue weighted by atomic mass is 19.1. The number of H-pyrrole nitrogens is 2. The van der Waals surface area contributed by atoms with Gasteiger partial charge in [0.15, 0.2) is 0 Å². The molecule has 0 saturated carbocycles. The van der Waals surface area contributed by atoms with Crippen molar-refractivity contribution in [3.8, 4) is 22.6 Å². The van der Waals surface area contributed by atoms with Gasteiger partial charge in [-0.25, -0.2) is 9.37 Å². The van der Waals surface area contributed by atoms with Crippen LogP contribution in [0.15, 0.2) is 60.7 Å². The largest absolute Gasteiger partial charge is 0.358 e. The third-order valence-corrected chi connectivity index (χ3v) is 5.24. The molecule has 164 valence electrons. The van der Waals surface area contributed by atoms with Crippen LogP contribution in [0.4, 0.5) is 16.2 Å². The molecule has 0 amide bonds. The zero-order chi connectivity index (χ0) is 22.9. The van der Waals surface area contributed by atoms with Gasteiger partial charge >= 0.3 is 5.82 Å². The van der Waals surface area contributed by atoms with Crippen molar-refractivity contribution in [1.29, 1.82) is 0 Å². The van der Waals surface area contributed by atoms with E-state index < -0.39 is 4.92 Å². The molecular weight excluding hydrogens is 425 g/mol. The number of nitrogens with one attached hydrogen (secondary N) is 3. The summed E-state index contributed by atoms with van der Waals surface area (Å²) in [6.07, 6.45) is 0. The van der Waals surface area contributed by atoms with Crippen LogP contribution >= 0.6 is 0 Å². The van der Waals surface area contributed by atoms with E-state index in [0.717, 1.165) is 5.69 Å². The highest BCUT2D eigenvalue weighted by Crippen LogP contribution is 2.34. The van der Waals surface area contributed by atoms with E-state index >= 15 is 0 Å². The molecule has 3 aromatic heterocycles. The molecule has 3 heterocycles. The van der Waals surface area contributed by atoms with E-state index in [1.54, 1.807) is 36.4 Å². The lowest BCUT2D eigenvalue weighted by Crippen LogP contribution is -2.02. The molecule has 2 aromatic carbocycles. The molecule has 10 heteroatoms. The van der Waals surface area contributed by atoms with E-state index in [1.165, 1.54) is 6.07 Å². The standard InChI is InChI=1S/C23H18FN7O2/c1-13-5-4-8-19(26-13)21-20(14-9-10-18-16(11-14)22(30-29-18)31(32)33)27-23(28-21)25-12-15-6-2-3-7-17(15)24/h2-11H,12H2,1H3,(H,29,30)(H2,25,27,28). The molecule has 0 unspecified atom stereocenters. The Morgan fingerprint density at radius 3 is 2.73 bits per heavy atom. The van der Waals surface area contributed by atoms with E-state index in [1.807, 2.05) is 25.1 Å². The third kappa shape index (κ3) is 3.89. The Morgan fingerprint density at radius 1 is 1.09 bits per heavy atom. The van der Waals surface area contributed by atoms with Gasteiger partial charge in [0.25, 0.3) is 0 Å². The number of aromatic amines is 2. The van der Waals surface area contributed by atoms with Crippen LogP contribution in [0.2, 0.25) is 0 Å². The van der Waals surface area contributed by atoms with Crippen molar-refractivity contribution >= 4 is 22.7 Å². The summed E-state index contributed by atoms with van der Waals surface area (Å²) in [5.41, 5.74) is 4.32. The van der Waals surface area contributed by atoms with E-state index in [2.05, 4.69) is 30.5 Å². The lowest BCUT2D eigenvalue weighted by atomic mass is 10.1. The molecular formula is C23H18FN7O2. The van der Waals surface area contributed by atoms with Crippen LogP contribution in [-0.4, -0.2) is 30.1 Å². The van der Waals surface area contributed by atoms with Gasteiger partial charge in [-0.15, -0.1) is 5.10 Å². The van der Waals surface area contributed by atoms with Gasteiger partial charge in [-0.1, -0.05) is 35.4 Å². The fourth-order valence-corrected chi connectivity index (χ4v) is 3.64. The van der Waals surface area contributed by atoms with Gasteiger partial charge in [-0.3, -0.25) is 4.98 Å². The van der Waals surface area contributed by atoms with Gasteiger partial charge in [0.1, 0.15) is 16.7 Å². The number of hydrogen-bond acceptors (Lipinski definition) is 6. The van der Waals surface area contributed by atoms with Gasteiger partial charge in [0.2, 0.25) is 5.95 Å². The van der Waals surface area contributed by atoms with Crippen LogP contribution in [0, 0.1) is 22.9 Å². The van der Waals surface area contributed by atoms with E-state index in [9.17, 15) is 14.5 Å². The summed E-state index contributed by atoms with van der Waals surface area (Å²) in [5.74, 6) is -0.0704. The molecule has 5 rings (SSSR count). The molecule has 33 heavy (non-hydrogen) atoms. The Balaban J connectivity index is 1.59. The number of nitro groups is 1. The molecule has 0 aliphatic heterocycles. The molecule has 0 aliphatic carbocycles. The minimum atomic E-state index is -0.506. The second-order valence-electron chi connectivity index (χ2n) is 7.48. The van der Waals surface area contributed by atoms with Gasteiger partial charge in [-0.05, 0) is 42.2 Å². The fourth-order valence-electron chi connectivity index (χ4n) is 3.64. The zero-order valence-corrected chi connectivity index (χ0v) is 17.5. The zero-order valence-electron chi connectivity index (χ0n) is 17.5. The van der Waals surface area contributed by atoms with Crippen LogP contribution in [-0.2, 0) is 6.54 Å². The molecule has 0 bridgehead atoms. The van der Waals surface area contributed by atoms with Crippen LogP contribution in [0.5, 0.6) is 0 Å². The molecule has 0 radical (unpaired) electrons. The van der Waals surface area contributed by atoms with Gasteiger partial charge < -0.3 is 20.4 Å². The summed E-state index contributed by atoms with van der Waals surface area (Å²) >= 11 is 0. The Labute approximate surface area is 186 Å². The molecule has 0 atom stereocenters. The topological polar surface area (TPSA) is 125 Å². The average Bonchev–Trinajstić information content (AvgIpc) is 3.42. The van der Waals surface area contributed by atoms with Gasteiger partial charge in [-0.2, -0.15) is 0 Å². The Kier molecular flexibility index (Phi) is 5.02. The van der Waals surface area contributed by atoms with E-state index in [4.69, 9.17) is 0 Å². The summed E-state index contributed by atoms with van der Waals surface area (Å²) < 4.78 is 14.0. The monoisotopic (exact) mass is 443 g/mol. The van der Waals surface area contributed by atoms with Crippen molar-refractivity contribution < 1.29 is 9.31 Å². The maximum absolute atomic E-state index is 14.0. The van der Waals surface area contributed by atoms with Crippen molar-refractivity contribution in [2.45, 2.75) is 13.5 Å². The van der Waals surface area contributed by atoms with Crippen molar-refractivity contribution in [1.82, 2.24) is 25.1 Å². The number of fused-ring (bicyclic) bond motifs is 1. The summed E-state index contributed by atoms with van der Waals surface area (Å²) in [7, 11) is 0. The first-order valence-corrected chi connectivity index (χ1v) is 10.1. The second kappa shape index (κ2) is 8.15. The number of aromatic nitrogens is 5. The number of nitrogens with zero attached hydrogens (tertiary/aromatic N) is 4. The Morgan fingerprint density at radius 2 is 1.94 bits per heavy atom. The molecule has 5 aromatic rings. The number of pyridine rings is 1.